The second-order valence-electron chi connectivity index (χ2n) is 4.15. The molecule has 0 atom stereocenters. The molecule has 0 fully saturated rings. The molecule has 4 N–H and O–H groups in total. The molecule has 3 aromatic heterocycles. The Balaban J connectivity index is 1.85. The molecule has 3 aromatic rings. The number of hydrogen-bond acceptors (Lipinski definition) is 6. The molecule has 8 nitrogen and oxygen atoms in total. The van der Waals surface area contributed by atoms with Gasteiger partial charge in [-0.15, -0.1) is 0 Å². The van der Waals surface area contributed by atoms with Crippen molar-refractivity contribution in [1.29, 1.82) is 0 Å². The van der Waals surface area contributed by atoms with Crippen molar-refractivity contribution in [1.82, 2.24) is 25.1 Å². The maximum absolute atomic E-state index is 12.1. The van der Waals surface area contributed by atoms with Gasteiger partial charge in [0.05, 0.1) is 30.0 Å². The van der Waals surface area contributed by atoms with Gasteiger partial charge in [-0.2, -0.15) is 5.10 Å². The smallest absolute Gasteiger partial charge is 0.275 e. The van der Waals surface area contributed by atoms with E-state index in [-0.39, 0.29) is 11.5 Å². The minimum Gasteiger partial charge on any atom is -0.382 e. The quantitative estimate of drug-likeness (QED) is 0.660. The van der Waals surface area contributed by atoms with Gasteiger partial charge in [0, 0.05) is 6.20 Å². The Labute approximate surface area is 119 Å². The molecular formula is C13H11N7O. The average Bonchev–Trinajstić information content (AvgIpc) is 2.97. The Kier molecular flexibility index (Phi) is 3.26. The number of amides is 1. The summed E-state index contributed by atoms with van der Waals surface area (Å²) < 4.78 is 0. The van der Waals surface area contributed by atoms with E-state index in [0.29, 0.717) is 17.1 Å². The predicted octanol–water partition coefficient (Wildman–Crippen LogP) is 1.10. The van der Waals surface area contributed by atoms with E-state index in [1.807, 2.05) is 18.2 Å². The van der Waals surface area contributed by atoms with Gasteiger partial charge >= 0.3 is 0 Å². The molecule has 8 heteroatoms. The lowest BCUT2D eigenvalue weighted by molar-refractivity contribution is 0.102. The highest BCUT2D eigenvalue weighted by atomic mass is 16.1. The van der Waals surface area contributed by atoms with Gasteiger partial charge in [0.25, 0.3) is 5.91 Å². The van der Waals surface area contributed by atoms with Crippen LogP contribution in [0.4, 0.5) is 11.5 Å². The van der Waals surface area contributed by atoms with Gasteiger partial charge in [-0.05, 0) is 12.1 Å². The highest BCUT2D eigenvalue weighted by Crippen LogP contribution is 2.23. The molecule has 1 amide bonds. The number of aromatic nitrogens is 5. The number of nitrogens with one attached hydrogen (secondary N) is 2. The summed E-state index contributed by atoms with van der Waals surface area (Å²) in [4.78, 5) is 24.0. The molecule has 0 aliphatic heterocycles. The SMILES string of the molecule is Nc1cnc(C(=O)Nc2cn[nH]c2-c2ccccn2)cn1. The Bertz CT molecular complexity index is 752. The molecule has 0 bridgehead atoms. The number of rotatable bonds is 3. The first-order valence-electron chi connectivity index (χ1n) is 6.07. The molecule has 0 saturated carbocycles. The van der Waals surface area contributed by atoms with E-state index in [0.717, 1.165) is 0 Å². The second kappa shape index (κ2) is 5.37. The molecule has 3 heterocycles. The van der Waals surface area contributed by atoms with Gasteiger partial charge in [-0.3, -0.25) is 14.9 Å². The van der Waals surface area contributed by atoms with Crippen molar-refractivity contribution in [2.75, 3.05) is 11.1 Å². The minimum atomic E-state index is -0.402. The van der Waals surface area contributed by atoms with Gasteiger partial charge in [-0.1, -0.05) is 6.07 Å². The molecule has 21 heavy (non-hydrogen) atoms. The Hall–Kier alpha value is -3.29. The van der Waals surface area contributed by atoms with Gasteiger partial charge in [-0.25, -0.2) is 9.97 Å². The van der Waals surface area contributed by atoms with Gasteiger partial charge in [0.15, 0.2) is 0 Å². The first-order valence-corrected chi connectivity index (χ1v) is 6.07. The Morgan fingerprint density at radius 1 is 1.14 bits per heavy atom. The third kappa shape index (κ3) is 2.68. The highest BCUT2D eigenvalue weighted by Gasteiger charge is 2.14. The van der Waals surface area contributed by atoms with Crippen LogP contribution in [-0.2, 0) is 0 Å². The summed E-state index contributed by atoms with van der Waals surface area (Å²) in [5.74, 6) is -0.148. The number of H-pyrrole nitrogens is 1. The van der Waals surface area contributed by atoms with Crippen molar-refractivity contribution < 1.29 is 4.79 Å². The van der Waals surface area contributed by atoms with E-state index in [9.17, 15) is 4.79 Å². The van der Waals surface area contributed by atoms with Gasteiger partial charge in [0.2, 0.25) is 0 Å². The van der Waals surface area contributed by atoms with Crippen molar-refractivity contribution >= 4 is 17.4 Å². The van der Waals surface area contributed by atoms with Gasteiger partial charge < -0.3 is 11.1 Å². The third-order valence-corrected chi connectivity index (χ3v) is 2.71. The number of carbonyl (C=O) groups excluding carboxylic acids is 1. The first-order chi connectivity index (χ1) is 10.2. The highest BCUT2D eigenvalue weighted by molar-refractivity contribution is 6.04. The van der Waals surface area contributed by atoms with Crippen molar-refractivity contribution in [3.05, 3.63) is 48.7 Å². The monoisotopic (exact) mass is 281 g/mol. The van der Waals surface area contributed by atoms with Crippen LogP contribution in [0.1, 0.15) is 10.5 Å². The molecule has 0 saturated heterocycles. The maximum atomic E-state index is 12.1. The summed E-state index contributed by atoms with van der Waals surface area (Å²) in [6.45, 7) is 0. The number of nitrogen functional groups attached to an aromatic ring is 1. The zero-order valence-electron chi connectivity index (χ0n) is 10.8. The molecule has 0 aromatic carbocycles. The summed E-state index contributed by atoms with van der Waals surface area (Å²) in [5.41, 5.74) is 7.40. The van der Waals surface area contributed by atoms with Crippen LogP contribution in [0.15, 0.2) is 43.0 Å². The summed E-state index contributed by atoms with van der Waals surface area (Å²) in [6.07, 6.45) is 5.80. The Morgan fingerprint density at radius 3 is 2.76 bits per heavy atom. The molecule has 3 rings (SSSR count). The maximum Gasteiger partial charge on any atom is 0.275 e. The van der Waals surface area contributed by atoms with Crippen LogP contribution in [0.3, 0.4) is 0 Å². The molecule has 0 aliphatic rings. The molecule has 0 unspecified atom stereocenters. The van der Waals surface area contributed by atoms with Gasteiger partial charge in [0.1, 0.15) is 17.2 Å². The van der Waals surface area contributed by atoms with Crippen LogP contribution in [0.2, 0.25) is 0 Å². The fourth-order valence-electron chi connectivity index (χ4n) is 1.73. The molecule has 104 valence electrons. The van der Waals surface area contributed by atoms with E-state index in [1.54, 1.807) is 6.20 Å². The number of anilines is 2. The zero-order chi connectivity index (χ0) is 14.7. The number of pyridine rings is 1. The normalized spacial score (nSPS) is 10.3. The van der Waals surface area contributed by atoms with Crippen LogP contribution in [0.5, 0.6) is 0 Å². The van der Waals surface area contributed by atoms with E-state index in [2.05, 4.69) is 30.5 Å². The van der Waals surface area contributed by atoms with Crippen LogP contribution < -0.4 is 11.1 Å². The topological polar surface area (TPSA) is 122 Å². The summed E-state index contributed by atoms with van der Waals surface area (Å²) in [5, 5.41) is 9.44. The molecule has 0 radical (unpaired) electrons. The van der Waals surface area contributed by atoms with E-state index >= 15 is 0 Å². The lowest BCUT2D eigenvalue weighted by atomic mass is 10.2. The predicted molar refractivity (Wildman–Crippen MR) is 76.2 cm³/mol. The summed E-state index contributed by atoms with van der Waals surface area (Å²) in [7, 11) is 0. The Morgan fingerprint density at radius 2 is 2.05 bits per heavy atom. The van der Waals surface area contributed by atoms with E-state index in [4.69, 9.17) is 5.73 Å². The molecule has 0 spiro atoms. The summed E-state index contributed by atoms with van der Waals surface area (Å²) in [6, 6.07) is 5.47. The fourth-order valence-corrected chi connectivity index (χ4v) is 1.73. The number of nitrogens with two attached hydrogens (primary N) is 1. The second-order valence-corrected chi connectivity index (χ2v) is 4.15. The third-order valence-electron chi connectivity index (χ3n) is 2.71. The fraction of sp³-hybridized carbons (Fsp3) is 0. The van der Waals surface area contributed by atoms with Crippen molar-refractivity contribution in [2.45, 2.75) is 0 Å². The summed E-state index contributed by atoms with van der Waals surface area (Å²) >= 11 is 0. The minimum absolute atomic E-state index is 0.164. The average molecular weight is 281 g/mol. The molecular weight excluding hydrogens is 270 g/mol. The number of aromatic amines is 1. The number of nitrogens with zero attached hydrogens (tertiary/aromatic N) is 4. The number of carbonyl (C=O) groups is 1. The van der Waals surface area contributed by atoms with Crippen LogP contribution >= 0.6 is 0 Å². The van der Waals surface area contributed by atoms with Crippen LogP contribution in [-0.4, -0.2) is 31.1 Å². The van der Waals surface area contributed by atoms with Crippen LogP contribution in [0, 0.1) is 0 Å². The largest absolute Gasteiger partial charge is 0.382 e. The van der Waals surface area contributed by atoms with Crippen molar-refractivity contribution in [3.8, 4) is 11.4 Å². The van der Waals surface area contributed by atoms with Crippen molar-refractivity contribution in [3.63, 3.8) is 0 Å². The van der Waals surface area contributed by atoms with E-state index < -0.39 is 5.91 Å². The van der Waals surface area contributed by atoms with Crippen molar-refractivity contribution in [2.24, 2.45) is 0 Å². The van der Waals surface area contributed by atoms with Crippen LogP contribution in [0.25, 0.3) is 11.4 Å². The lowest BCUT2D eigenvalue weighted by Gasteiger charge is -2.05. The standard InChI is InChI=1S/C13H11N7O/c14-11-7-16-10(5-17-11)13(21)19-9-6-18-20-12(9)8-3-1-2-4-15-8/h1-7H,(H2,14,17)(H,18,20)(H,19,21). The number of hydrogen-bond donors (Lipinski definition) is 3. The zero-order valence-corrected chi connectivity index (χ0v) is 10.8. The molecule has 0 aliphatic carbocycles. The lowest BCUT2D eigenvalue weighted by Crippen LogP contribution is -2.14. The first kappa shape index (κ1) is 12.7. The van der Waals surface area contributed by atoms with E-state index in [1.165, 1.54) is 18.6 Å².